The number of benzene rings is 1. The van der Waals surface area contributed by atoms with E-state index in [0.29, 0.717) is 95.4 Å². The monoisotopic (exact) mass is 946 g/mol. The summed E-state index contributed by atoms with van der Waals surface area (Å²) in [7, 11) is 0. The fraction of sp³-hybridized carbons (Fsp3) is 0.742. The molecular weight excluding hydrogens is 867 g/mol. The minimum absolute atomic E-state index is 0.112. The number of fused-ring (bicyclic) bond motifs is 8. The van der Waals surface area contributed by atoms with E-state index in [-0.39, 0.29) is 41.7 Å². The third-order valence-electron chi connectivity index (χ3n) is 24.9. The molecule has 372 valence electrons. The van der Waals surface area contributed by atoms with Crippen LogP contribution in [0.3, 0.4) is 0 Å². The van der Waals surface area contributed by atoms with E-state index in [1.165, 1.54) is 115 Å². The standard InChI is InChI=1S/C62H79N3O5/c1-34-27-39-16-18-47-41-28-42-33-65(47)54(39)51-43-21-25-60-56(55(66)44-17-19-48(42)64(32-41)53(44)40-20-24-59(31-40)22-5-6-23-59)69-58(68)61(60)49(62(60)46-13-7-11-36(12-8-26-63)50(46)57(67)70-62)30-37(35-9-3-2-4-10-35)14-15-38(52(43)61)29-45(34)51/h7,11,13-15,34-35,37-38,40-42,44-45,47-49,51,53,66H,2-6,8-10,12,16-33,63H2,1H3/b15-14-,56-55+/t34-,37-,38+,40-,41+,42+,44-,45+,47+,48-,49+,51+,53-,60-,61-,62-/m1/s1. The van der Waals surface area contributed by atoms with Crippen molar-refractivity contribution in [3.05, 3.63) is 81.0 Å². The Morgan fingerprint density at radius 3 is 2.56 bits per heavy atom. The summed E-state index contributed by atoms with van der Waals surface area (Å²) in [6.07, 6.45) is 32.7. The van der Waals surface area contributed by atoms with Crippen molar-refractivity contribution in [2.24, 2.45) is 87.1 Å². The Balaban J connectivity index is 0.989. The Morgan fingerprint density at radius 2 is 1.70 bits per heavy atom. The van der Waals surface area contributed by atoms with E-state index in [9.17, 15) is 5.11 Å². The number of hydrogen-bond donors (Lipinski definition) is 2. The molecule has 7 bridgehead atoms. The third kappa shape index (κ3) is 5.10. The second-order valence-corrected chi connectivity index (χ2v) is 27.2. The van der Waals surface area contributed by atoms with Crippen molar-refractivity contribution in [1.29, 1.82) is 0 Å². The Kier molecular flexibility index (Phi) is 9.17. The third-order valence-corrected chi connectivity index (χ3v) is 24.9. The van der Waals surface area contributed by atoms with E-state index in [1.54, 1.807) is 16.8 Å². The average molecular weight is 946 g/mol. The summed E-state index contributed by atoms with van der Waals surface area (Å²) in [4.78, 5) is 38.0. The largest absolute Gasteiger partial charge is 0.508 e. The van der Waals surface area contributed by atoms with Gasteiger partial charge in [-0.25, -0.2) is 4.79 Å². The van der Waals surface area contributed by atoms with Crippen LogP contribution in [0.4, 0.5) is 0 Å². The molecule has 4 saturated carbocycles. The maximum Gasteiger partial charge on any atom is 0.339 e. The van der Waals surface area contributed by atoms with Crippen molar-refractivity contribution < 1.29 is 24.2 Å². The topological polar surface area (TPSA) is 105 Å². The molecule has 16 atom stereocenters. The number of carbonyl (C=O) groups excluding carboxylic acids is 2. The summed E-state index contributed by atoms with van der Waals surface area (Å²) in [6.45, 7) is 5.43. The van der Waals surface area contributed by atoms with Crippen molar-refractivity contribution in [3.63, 3.8) is 0 Å². The van der Waals surface area contributed by atoms with Gasteiger partial charge in [0, 0.05) is 60.2 Å². The molecule has 7 heterocycles. The zero-order valence-corrected chi connectivity index (χ0v) is 42.1. The SMILES string of the molecule is C[C@@H]1CC2=C3[C@H]4C5=C6[C@@H](/C=C\[C@@H](C7CCCCC7)C[C@H]7[C@]68C(=O)O/C(=C(/O)[C@@H]6CC[C@@H]9[C@H]%10C[C@@H](CN9[C@@H]6[C@@H]6CCC9(CCCC9)C6)[C@H](CC2)N3C%10)[C@@]8(CC5)[C@]72OC(=O)c3c(CCCN)cccc32)C[C@H]41. The number of ether oxygens (including phenoxy) is 2. The average Bonchev–Trinajstić information content (AvgIpc) is 4.16. The molecular formula is C62H79N3O5. The van der Waals surface area contributed by atoms with E-state index < -0.39 is 16.4 Å². The second kappa shape index (κ2) is 14.9. The number of allylic oxidation sites excluding steroid dienone is 4. The van der Waals surface area contributed by atoms with Crippen molar-refractivity contribution in [2.75, 3.05) is 19.6 Å². The number of hydrogen-bond acceptors (Lipinski definition) is 8. The van der Waals surface area contributed by atoms with Crippen LogP contribution < -0.4 is 5.73 Å². The first-order chi connectivity index (χ1) is 34.2. The van der Waals surface area contributed by atoms with E-state index in [2.05, 4.69) is 47.1 Å². The Morgan fingerprint density at radius 1 is 0.843 bits per heavy atom. The van der Waals surface area contributed by atoms with Crippen LogP contribution >= 0.6 is 0 Å². The molecule has 70 heavy (non-hydrogen) atoms. The summed E-state index contributed by atoms with van der Waals surface area (Å²) in [6, 6.07) is 7.78. The summed E-state index contributed by atoms with van der Waals surface area (Å²) in [5.74, 6) is 4.20. The molecule has 0 amide bonds. The van der Waals surface area contributed by atoms with E-state index in [0.717, 1.165) is 56.2 Å². The highest BCUT2D eigenvalue weighted by Crippen LogP contribution is 2.88. The Labute approximate surface area is 416 Å². The normalized spacial score (nSPS) is 48.3. The molecule has 8 heteroatoms. The fourth-order valence-corrected chi connectivity index (χ4v) is 22.7. The van der Waals surface area contributed by atoms with Crippen LogP contribution in [-0.2, 0) is 26.3 Å². The van der Waals surface area contributed by atoms with Gasteiger partial charge in [0.15, 0.2) is 11.4 Å². The van der Waals surface area contributed by atoms with Gasteiger partial charge < -0.3 is 25.2 Å². The summed E-state index contributed by atoms with van der Waals surface area (Å²) in [5.41, 5.74) is 12.5. The molecule has 8 fully saturated rings. The van der Waals surface area contributed by atoms with Gasteiger partial charge in [-0.15, -0.1) is 0 Å². The second-order valence-electron chi connectivity index (χ2n) is 27.2. The minimum atomic E-state index is -1.13. The summed E-state index contributed by atoms with van der Waals surface area (Å²) >= 11 is 0. The molecule has 1 aromatic carbocycles. The number of aliphatic hydroxyl groups is 1. The molecule has 7 aliphatic heterocycles. The van der Waals surface area contributed by atoms with Gasteiger partial charge in [0.2, 0.25) is 0 Å². The van der Waals surface area contributed by atoms with E-state index in [1.807, 2.05) is 0 Å². The molecule has 0 aromatic heterocycles. The maximum atomic E-state index is 16.6. The highest BCUT2D eigenvalue weighted by Gasteiger charge is 2.94. The van der Waals surface area contributed by atoms with Crippen molar-refractivity contribution >= 4 is 11.9 Å². The molecule has 3 N–H and O–H groups in total. The lowest BCUT2D eigenvalue weighted by Crippen LogP contribution is -2.78. The van der Waals surface area contributed by atoms with Crippen molar-refractivity contribution in [2.45, 2.75) is 185 Å². The molecule has 4 saturated heterocycles. The van der Waals surface area contributed by atoms with Crippen LogP contribution in [0.5, 0.6) is 0 Å². The molecule has 15 aliphatic rings. The lowest BCUT2D eigenvalue weighted by atomic mass is 9.27. The van der Waals surface area contributed by atoms with Gasteiger partial charge in [0.1, 0.15) is 11.2 Å². The van der Waals surface area contributed by atoms with Crippen LogP contribution in [0.2, 0.25) is 0 Å². The van der Waals surface area contributed by atoms with Crippen LogP contribution in [-0.4, -0.2) is 64.6 Å². The van der Waals surface area contributed by atoms with Gasteiger partial charge >= 0.3 is 11.9 Å². The molecule has 0 radical (unpaired) electrons. The molecule has 0 unspecified atom stereocenters. The molecule has 8 nitrogen and oxygen atoms in total. The smallest absolute Gasteiger partial charge is 0.339 e. The van der Waals surface area contributed by atoms with Gasteiger partial charge in [-0.05, 0) is 192 Å². The van der Waals surface area contributed by atoms with Crippen LogP contribution in [0.25, 0.3) is 0 Å². The van der Waals surface area contributed by atoms with Crippen LogP contribution in [0.1, 0.15) is 176 Å². The first-order valence-corrected chi connectivity index (χ1v) is 29.6. The highest BCUT2D eigenvalue weighted by molar-refractivity contribution is 6.00. The molecule has 1 aromatic rings. The zero-order chi connectivity index (χ0) is 46.6. The Hall–Kier alpha value is -3.36. The summed E-state index contributed by atoms with van der Waals surface area (Å²) < 4.78 is 14.8. The van der Waals surface area contributed by atoms with Gasteiger partial charge in [0.25, 0.3) is 0 Å². The number of esters is 2. The van der Waals surface area contributed by atoms with E-state index in [4.69, 9.17) is 15.2 Å². The fourth-order valence-electron chi connectivity index (χ4n) is 22.7. The number of carbonyl (C=O) groups is 2. The van der Waals surface area contributed by atoms with Crippen LogP contribution in [0, 0.1) is 81.3 Å². The highest BCUT2D eigenvalue weighted by atomic mass is 16.6. The molecule has 8 aliphatic carbocycles. The predicted octanol–water partition coefficient (Wildman–Crippen LogP) is 11.6. The van der Waals surface area contributed by atoms with Crippen molar-refractivity contribution in [3.8, 4) is 0 Å². The zero-order valence-electron chi connectivity index (χ0n) is 42.1. The summed E-state index contributed by atoms with van der Waals surface area (Å²) in [5, 5.41) is 14.1. The van der Waals surface area contributed by atoms with Gasteiger partial charge in [0.05, 0.1) is 11.0 Å². The van der Waals surface area contributed by atoms with Gasteiger partial charge in [-0.2, -0.15) is 0 Å². The predicted molar refractivity (Wildman–Crippen MR) is 268 cm³/mol. The lowest BCUT2D eigenvalue weighted by molar-refractivity contribution is -0.282. The quantitative estimate of drug-likeness (QED) is 0.222. The van der Waals surface area contributed by atoms with Gasteiger partial charge in [-0.3, -0.25) is 9.69 Å². The van der Waals surface area contributed by atoms with Crippen LogP contribution in [0.15, 0.2) is 64.3 Å². The first-order valence-electron chi connectivity index (χ1n) is 29.6. The van der Waals surface area contributed by atoms with E-state index >= 15 is 9.59 Å². The lowest BCUT2D eigenvalue weighted by Gasteiger charge is -2.73. The number of aliphatic hydroxyl groups excluding tert-OH is 1. The number of nitrogens with zero attached hydrogens (tertiary/aromatic N) is 2. The molecule has 16 rings (SSSR count). The minimum Gasteiger partial charge on any atom is -0.508 e. The molecule has 4 spiro atoms. The van der Waals surface area contributed by atoms with Gasteiger partial charge in [-0.1, -0.05) is 80.5 Å². The number of nitrogens with two attached hydrogens (primary N) is 1. The Bertz CT molecular complexity index is 2600. The number of rotatable bonds is 5. The maximum absolute atomic E-state index is 16.6. The van der Waals surface area contributed by atoms with Crippen molar-refractivity contribution in [1.82, 2.24) is 9.80 Å². The first kappa shape index (κ1) is 43.1. The number of piperidine rings is 3. The number of aryl methyl sites for hydroxylation is 1.